The molecule has 0 N–H and O–H groups in total. The van der Waals surface area contributed by atoms with Gasteiger partial charge in [-0.3, -0.25) is 4.79 Å². The van der Waals surface area contributed by atoms with Gasteiger partial charge in [0.05, 0.1) is 7.11 Å². The fourth-order valence-corrected chi connectivity index (χ4v) is 0.993. The Morgan fingerprint density at radius 3 is 2.46 bits per heavy atom. The second-order valence-electron chi connectivity index (χ2n) is 2.56. The first-order valence-electron chi connectivity index (χ1n) is 3.93. The maximum absolute atomic E-state index is 10.8. The molecule has 1 aromatic rings. The monoisotopic (exact) mass is 200 g/mol. The van der Waals surface area contributed by atoms with E-state index in [4.69, 9.17) is 0 Å². The van der Waals surface area contributed by atoms with Crippen LogP contribution in [0.25, 0.3) is 0 Å². The molecule has 0 heterocycles. The Morgan fingerprint density at radius 2 is 1.92 bits per heavy atom. The highest BCUT2D eigenvalue weighted by Gasteiger charge is 1.99. The van der Waals surface area contributed by atoms with Crippen molar-refractivity contribution in [3.05, 3.63) is 35.9 Å². The fourth-order valence-electron chi connectivity index (χ4n) is 0.993. The van der Waals surface area contributed by atoms with Crippen LogP contribution in [0, 0.1) is 0 Å². The molecule has 0 aliphatic carbocycles. The molecule has 0 saturated carbocycles. The summed E-state index contributed by atoms with van der Waals surface area (Å²) < 4.78 is 4.53. The van der Waals surface area contributed by atoms with Gasteiger partial charge in [-0.1, -0.05) is 30.3 Å². The lowest BCUT2D eigenvalue weighted by Gasteiger charge is -1.98. The Kier molecular flexibility index (Phi) is 5.98. The predicted molar refractivity (Wildman–Crippen MR) is 54.0 cm³/mol. The zero-order valence-electron chi connectivity index (χ0n) is 7.53. The van der Waals surface area contributed by atoms with E-state index in [9.17, 15) is 4.79 Å². The van der Waals surface area contributed by atoms with E-state index in [1.807, 2.05) is 30.3 Å². The number of hydrogen-bond acceptors (Lipinski definition) is 2. The van der Waals surface area contributed by atoms with Crippen LogP contribution in [0.5, 0.6) is 0 Å². The molecule has 0 aliphatic rings. The summed E-state index contributed by atoms with van der Waals surface area (Å²) in [6, 6.07) is 9.90. The van der Waals surface area contributed by atoms with Crippen LogP contribution in [-0.2, 0) is 16.0 Å². The molecule has 13 heavy (non-hydrogen) atoms. The fraction of sp³-hybridized carbons (Fsp3) is 0.300. The van der Waals surface area contributed by atoms with Crippen LogP contribution in [0.2, 0.25) is 0 Å². The van der Waals surface area contributed by atoms with E-state index < -0.39 is 0 Å². The molecule has 0 aromatic heterocycles. The number of rotatable bonds is 3. The quantitative estimate of drug-likeness (QED) is 0.700. The van der Waals surface area contributed by atoms with Crippen LogP contribution in [0.1, 0.15) is 12.0 Å². The highest BCUT2D eigenvalue weighted by molar-refractivity contribution is 5.85. The summed E-state index contributed by atoms with van der Waals surface area (Å²) in [5, 5.41) is 0. The maximum atomic E-state index is 10.8. The molecule has 0 bridgehead atoms. The van der Waals surface area contributed by atoms with Crippen molar-refractivity contribution in [2.45, 2.75) is 12.8 Å². The van der Waals surface area contributed by atoms with Gasteiger partial charge in [0.2, 0.25) is 0 Å². The van der Waals surface area contributed by atoms with E-state index in [1.165, 1.54) is 12.7 Å². The molecule has 2 nitrogen and oxygen atoms in total. The van der Waals surface area contributed by atoms with Crippen molar-refractivity contribution in [1.29, 1.82) is 0 Å². The summed E-state index contributed by atoms with van der Waals surface area (Å²) in [6.45, 7) is 0. The van der Waals surface area contributed by atoms with Gasteiger partial charge in [0, 0.05) is 6.42 Å². The number of aryl methyl sites for hydroxylation is 1. The zero-order valence-corrected chi connectivity index (χ0v) is 8.34. The van der Waals surface area contributed by atoms with Crippen LogP contribution in [0.3, 0.4) is 0 Å². The first kappa shape index (κ1) is 12.0. The lowest BCUT2D eigenvalue weighted by Crippen LogP contribution is -2.01. The molecule has 72 valence electrons. The number of benzene rings is 1. The van der Waals surface area contributed by atoms with E-state index in [0.29, 0.717) is 6.42 Å². The van der Waals surface area contributed by atoms with Gasteiger partial charge in [-0.05, 0) is 12.0 Å². The molecule has 0 atom stereocenters. The number of esters is 1. The van der Waals surface area contributed by atoms with Gasteiger partial charge in [-0.2, -0.15) is 0 Å². The smallest absolute Gasteiger partial charge is 0.305 e. The number of carbonyl (C=O) groups is 1. The summed E-state index contributed by atoms with van der Waals surface area (Å²) in [6.07, 6.45) is 1.22. The van der Waals surface area contributed by atoms with Crippen molar-refractivity contribution < 1.29 is 9.53 Å². The topological polar surface area (TPSA) is 26.3 Å². The summed E-state index contributed by atoms with van der Waals surface area (Å²) in [5.41, 5.74) is 1.17. The van der Waals surface area contributed by atoms with Crippen molar-refractivity contribution in [3.8, 4) is 0 Å². The highest BCUT2D eigenvalue weighted by atomic mass is 35.5. The first-order chi connectivity index (χ1) is 5.83. The molecule has 0 radical (unpaired) electrons. The summed E-state index contributed by atoms with van der Waals surface area (Å²) >= 11 is 0. The molecule has 0 saturated heterocycles. The minimum absolute atomic E-state index is 0. The van der Waals surface area contributed by atoms with Crippen LogP contribution in [0.4, 0.5) is 0 Å². The second-order valence-corrected chi connectivity index (χ2v) is 2.56. The van der Waals surface area contributed by atoms with Gasteiger partial charge in [-0.15, -0.1) is 12.4 Å². The molecule has 0 spiro atoms. The van der Waals surface area contributed by atoms with Crippen molar-refractivity contribution in [1.82, 2.24) is 0 Å². The van der Waals surface area contributed by atoms with Crippen LogP contribution in [-0.4, -0.2) is 13.1 Å². The van der Waals surface area contributed by atoms with Crippen LogP contribution < -0.4 is 0 Å². The summed E-state index contributed by atoms with van der Waals surface area (Å²) in [4.78, 5) is 10.8. The minimum atomic E-state index is -0.154. The Morgan fingerprint density at radius 1 is 1.31 bits per heavy atom. The van der Waals surface area contributed by atoms with E-state index in [0.717, 1.165) is 6.42 Å². The number of hydrogen-bond donors (Lipinski definition) is 0. The summed E-state index contributed by atoms with van der Waals surface area (Å²) in [7, 11) is 1.41. The van der Waals surface area contributed by atoms with E-state index in [-0.39, 0.29) is 18.4 Å². The molecule has 0 fully saturated rings. The Labute approximate surface area is 84.3 Å². The molecule has 0 aliphatic heterocycles. The molecule has 3 heteroatoms. The average molecular weight is 201 g/mol. The third-order valence-corrected chi connectivity index (χ3v) is 1.69. The molecule has 0 unspecified atom stereocenters. The number of ether oxygens (including phenoxy) is 1. The van der Waals surface area contributed by atoms with Gasteiger partial charge in [0.15, 0.2) is 0 Å². The SMILES string of the molecule is COC(=O)CCc1ccccc1.Cl. The van der Waals surface area contributed by atoms with Crippen LogP contribution in [0.15, 0.2) is 30.3 Å². The van der Waals surface area contributed by atoms with E-state index in [1.54, 1.807) is 0 Å². The van der Waals surface area contributed by atoms with Crippen LogP contribution >= 0.6 is 12.4 Å². The number of methoxy groups -OCH3 is 1. The Balaban J connectivity index is 0.00000144. The predicted octanol–water partition coefficient (Wildman–Crippen LogP) is 2.21. The van der Waals surface area contributed by atoms with Gasteiger partial charge < -0.3 is 4.74 Å². The molecule has 1 rings (SSSR count). The van der Waals surface area contributed by atoms with E-state index >= 15 is 0 Å². The molecule has 1 aromatic carbocycles. The second kappa shape index (κ2) is 6.49. The van der Waals surface area contributed by atoms with Gasteiger partial charge in [0.25, 0.3) is 0 Å². The largest absolute Gasteiger partial charge is 0.469 e. The maximum Gasteiger partial charge on any atom is 0.305 e. The molecular formula is C10H13ClO2. The third-order valence-electron chi connectivity index (χ3n) is 1.69. The Bertz CT molecular complexity index is 246. The lowest BCUT2D eigenvalue weighted by molar-refractivity contribution is -0.140. The van der Waals surface area contributed by atoms with Gasteiger partial charge in [-0.25, -0.2) is 0 Å². The van der Waals surface area contributed by atoms with Gasteiger partial charge >= 0.3 is 5.97 Å². The Hall–Kier alpha value is -1.02. The van der Waals surface area contributed by atoms with Gasteiger partial charge in [0.1, 0.15) is 0 Å². The zero-order chi connectivity index (χ0) is 8.81. The molecule has 0 amide bonds. The van der Waals surface area contributed by atoms with Crippen molar-refractivity contribution >= 4 is 18.4 Å². The summed E-state index contributed by atoms with van der Waals surface area (Å²) in [5.74, 6) is -0.154. The average Bonchev–Trinajstić information content (AvgIpc) is 2.16. The number of halogens is 1. The van der Waals surface area contributed by atoms with Crippen molar-refractivity contribution in [2.24, 2.45) is 0 Å². The highest BCUT2D eigenvalue weighted by Crippen LogP contribution is 2.02. The van der Waals surface area contributed by atoms with Crippen molar-refractivity contribution in [2.75, 3.05) is 7.11 Å². The molecular weight excluding hydrogens is 188 g/mol. The first-order valence-corrected chi connectivity index (χ1v) is 3.93. The minimum Gasteiger partial charge on any atom is -0.469 e. The van der Waals surface area contributed by atoms with E-state index in [2.05, 4.69) is 4.74 Å². The third kappa shape index (κ3) is 4.53. The lowest BCUT2D eigenvalue weighted by atomic mass is 10.1. The normalized spacial score (nSPS) is 8.69. The standard InChI is InChI=1S/C10H12O2.ClH/c1-12-10(11)8-7-9-5-3-2-4-6-9;/h2-6H,7-8H2,1H3;1H. The number of carbonyl (C=O) groups excluding carboxylic acids is 1. The van der Waals surface area contributed by atoms with Crippen molar-refractivity contribution in [3.63, 3.8) is 0 Å².